The van der Waals surface area contributed by atoms with E-state index >= 15 is 0 Å². The Morgan fingerprint density at radius 3 is 2.50 bits per heavy atom. The van der Waals surface area contributed by atoms with Crippen LogP contribution in [0.4, 0.5) is 4.79 Å². The van der Waals surface area contributed by atoms with Gasteiger partial charge in [-0.15, -0.1) is 0 Å². The molecule has 3 N–H and O–H groups in total. The Kier molecular flexibility index (Phi) is 3.03. The van der Waals surface area contributed by atoms with Crippen LogP contribution in [0, 0.1) is 17.8 Å². The summed E-state index contributed by atoms with van der Waals surface area (Å²) in [6.07, 6.45) is 2.96. The van der Waals surface area contributed by atoms with E-state index in [1.165, 1.54) is 0 Å². The molecule has 5 heteroatoms. The van der Waals surface area contributed by atoms with E-state index < -0.39 is 12.0 Å². The smallest absolute Gasteiger partial charge is 0.326 e. The monoisotopic (exact) mass is 226 g/mol. The van der Waals surface area contributed by atoms with E-state index in [4.69, 9.17) is 5.11 Å². The third-order valence-electron chi connectivity index (χ3n) is 3.45. The minimum atomic E-state index is -0.933. The molecule has 90 valence electrons. The van der Waals surface area contributed by atoms with Crippen LogP contribution in [0.3, 0.4) is 0 Å². The molecule has 2 aliphatic carbocycles. The molecule has 3 unspecified atom stereocenters. The number of carbonyl (C=O) groups is 2. The Morgan fingerprint density at radius 2 is 2.06 bits per heavy atom. The van der Waals surface area contributed by atoms with Gasteiger partial charge in [0.2, 0.25) is 0 Å². The van der Waals surface area contributed by atoms with Crippen molar-refractivity contribution in [1.29, 1.82) is 0 Å². The Bertz CT molecular complexity index is 302. The summed E-state index contributed by atoms with van der Waals surface area (Å²) >= 11 is 0. The number of nitrogens with one attached hydrogen (secondary N) is 2. The predicted octanol–water partition coefficient (Wildman–Crippen LogP) is 0.805. The molecule has 2 amide bonds. The van der Waals surface area contributed by atoms with Gasteiger partial charge in [0.15, 0.2) is 0 Å². The largest absolute Gasteiger partial charge is 0.480 e. The molecule has 0 radical (unpaired) electrons. The van der Waals surface area contributed by atoms with E-state index in [2.05, 4.69) is 17.6 Å². The fraction of sp³-hybridized carbons (Fsp3) is 0.818. The normalized spacial score (nSPS) is 29.3. The van der Waals surface area contributed by atoms with Crippen LogP contribution < -0.4 is 10.6 Å². The molecular weight excluding hydrogens is 208 g/mol. The Morgan fingerprint density at radius 1 is 1.44 bits per heavy atom. The maximum Gasteiger partial charge on any atom is 0.326 e. The van der Waals surface area contributed by atoms with Gasteiger partial charge in [0.05, 0.1) is 0 Å². The van der Waals surface area contributed by atoms with Gasteiger partial charge in [0.1, 0.15) is 6.04 Å². The highest BCUT2D eigenvalue weighted by Crippen LogP contribution is 2.36. The third kappa shape index (κ3) is 2.87. The van der Waals surface area contributed by atoms with Crippen LogP contribution in [0.25, 0.3) is 0 Å². The molecule has 0 aromatic rings. The van der Waals surface area contributed by atoms with Crippen LogP contribution in [-0.2, 0) is 4.79 Å². The van der Waals surface area contributed by atoms with E-state index in [1.54, 1.807) is 0 Å². The van der Waals surface area contributed by atoms with Gasteiger partial charge in [-0.3, -0.25) is 0 Å². The van der Waals surface area contributed by atoms with Crippen molar-refractivity contribution in [2.24, 2.45) is 17.8 Å². The molecule has 16 heavy (non-hydrogen) atoms. The van der Waals surface area contributed by atoms with E-state index in [0.717, 1.165) is 19.3 Å². The SMILES string of the molecule is CC1CC1CNC(=O)NC(C(=O)O)C1CC1. The van der Waals surface area contributed by atoms with Crippen molar-refractivity contribution >= 4 is 12.0 Å². The zero-order chi connectivity index (χ0) is 11.7. The van der Waals surface area contributed by atoms with E-state index in [9.17, 15) is 9.59 Å². The van der Waals surface area contributed by atoms with Gasteiger partial charge < -0.3 is 15.7 Å². The van der Waals surface area contributed by atoms with Gasteiger partial charge in [-0.2, -0.15) is 0 Å². The van der Waals surface area contributed by atoms with Crippen LogP contribution in [-0.4, -0.2) is 29.7 Å². The minimum absolute atomic E-state index is 0.128. The summed E-state index contributed by atoms with van der Waals surface area (Å²) in [5.41, 5.74) is 0. The minimum Gasteiger partial charge on any atom is -0.480 e. The lowest BCUT2D eigenvalue weighted by Crippen LogP contribution is -2.47. The average Bonchev–Trinajstić information content (AvgIpc) is 3.08. The summed E-state index contributed by atoms with van der Waals surface area (Å²) in [7, 11) is 0. The highest BCUT2D eigenvalue weighted by molar-refractivity contribution is 5.83. The summed E-state index contributed by atoms with van der Waals surface area (Å²) in [6, 6.07) is -1.06. The van der Waals surface area contributed by atoms with Crippen molar-refractivity contribution in [3.8, 4) is 0 Å². The van der Waals surface area contributed by atoms with Crippen LogP contribution in [0.2, 0.25) is 0 Å². The number of carboxylic acid groups (broad SMARTS) is 1. The Hall–Kier alpha value is -1.26. The molecule has 0 heterocycles. The second kappa shape index (κ2) is 4.31. The van der Waals surface area contributed by atoms with E-state index in [-0.39, 0.29) is 11.9 Å². The van der Waals surface area contributed by atoms with Crippen molar-refractivity contribution in [2.75, 3.05) is 6.54 Å². The van der Waals surface area contributed by atoms with Gasteiger partial charge in [-0.25, -0.2) is 9.59 Å². The van der Waals surface area contributed by atoms with Crippen LogP contribution >= 0.6 is 0 Å². The molecule has 0 aromatic heterocycles. The summed E-state index contributed by atoms with van der Waals surface area (Å²) < 4.78 is 0. The summed E-state index contributed by atoms with van der Waals surface area (Å²) in [5, 5.41) is 14.2. The number of amides is 2. The number of carboxylic acids is 1. The quantitative estimate of drug-likeness (QED) is 0.649. The third-order valence-corrected chi connectivity index (χ3v) is 3.45. The summed E-state index contributed by atoms with van der Waals surface area (Å²) in [4.78, 5) is 22.3. The molecule has 0 aliphatic heterocycles. The molecule has 2 saturated carbocycles. The molecule has 0 saturated heterocycles. The zero-order valence-corrected chi connectivity index (χ0v) is 9.40. The highest BCUT2D eigenvalue weighted by Gasteiger charge is 2.38. The predicted molar refractivity (Wildman–Crippen MR) is 58.0 cm³/mol. The molecule has 5 nitrogen and oxygen atoms in total. The highest BCUT2D eigenvalue weighted by atomic mass is 16.4. The zero-order valence-electron chi connectivity index (χ0n) is 9.40. The first-order chi connectivity index (χ1) is 7.58. The summed E-state index contributed by atoms with van der Waals surface area (Å²) in [6.45, 7) is 2.80. The van der Waals surface area contributed by atoms with E-state index in [0.29, 0.717) is 18.4 Å². The molecule has 0 bridgehead atoms. The molecular formula is C11H18N2O3. The first-order valence-corrected chi connectivity index (χ1v) is 5.85. The standard InChI is InChI=1S/C11H18N2O3/c1-6-4-8(6)5-12-11(16)13-9(10(14)15)7-2-3-7/h6-9H,2-5H2,1H3,(H,14,15)(H2,12,13,16). The van der Waals surface area contributed by atoms with Gasteiger partial charge in [-0.05, 0) is 37.0 Å². The maximum absolute atomic E-state index is 11.4. The van der Waals surface area contributed by atoms with Crippen molar-refractivity contribution < 1.29 is 14.7 Å². The molecule has 2 aliphatic rings. The average molecular weight is 226 g/mol. The molecule has 2 rings (SSSR count). The number of rotatable bonds is 5. The number of aliphatic carboxylic acids is 1. The second-order valence-corrected chi connectivity index (χ2v) is 4.98. The van der Waals surface area contributed by atoms with Crippen LogP contribution in [0.15, 0.2) is 0 Å². The maximum atomic E-state index is 11.4. The fourth-order valence-corrected chi connectivity index (χ4v) is 1.91. The van der Waals surface area contributed by atoms with Crippen molar-refractivity contribution in [2.45, 2.75) is 32.2 Å². The second-order valence-electron chi connectivity index (χ2n) is 4.98. The number of carbonyl (C=O) groups excluding carboxylic acids is 1. The molecule has 2 fully saturated rings. The first-order valence-electron chi connectivity index (χ1n) is 5.85. The van der Waals surface area contributed by atoms with Crippen LogP contribution in [0.5, 0.6) is 0 Å². The van der Waals surface area contributed by atoms with Crippen LogP contribution in [0.1, 0.15) is 26.2 Å². The van der Waals surface area contributed by atoms with Crippen molar-refractivity contribution in [3.63, 3.8) is 0 Å². The molecule has 3 atom stereocenters. The van der Waals surface area contributed by atoms with Gasteiger partial charge in [-0.1, -0.05) is 6.92 Å². The topological polar surface area (TPSA) is 78.4 Å². The number of hydrogen-bond acceptors (Lipinski definition) is 2. The Labute approximate surface area is 94.6 Å². The van der Waals surface area contributed by atoms with Crippen molar-refractivity contribution in [1.82, 2.24) is 10.6 Å². The lowest BCUT2D eigenvalue weighted by Gasteiger charge is -2.14. The van der Waals surface area contributed by atoms with Crippen molar-refractivity contribution in [3.05, 3.63) is 0 Å². The van der Waals surface area contributed by atoms with E-state index in [1.807, 2.05) is 0 Å². The first kappa shape index (κ1) is 11.2. The Balaban J connectivity index is 1.70. The summed E-state index contributed by atoms with van der Waals surface area (Å²) in [5.74, 6) is 0.467. The number of hydrogen-bond donors (Lipinski definition) is 3. The lowest BCUT2D eigenvalue weighted by atomic mass is 10.2. The fourth-order valence-electron chi connectivity index (χ4n) is 1.91. The van der Waals surface area contributed by atoms with Gasteiger partial charge >= 0.3 is 12.0 Å². The molecule has 0 aromatic carbocycles. The van der Waals surface area contributed by atoms with Gasteiger partial charge in [0, 0.05) is 6.54 Å². The number of urea groups is 1. The van der Waals surface area contributed by atoms with Gasteiger partial charge in [0.25, 0.3) is 0 Å². The molecule has 0 spiro atoms. The lowest BCUT2D eigenvalue weighted by molar-refractivity contribution is -0.139.